The molecule has 0 fully saturated rings. The Hall–Kier alpha value is -4.07. The van der Waals surface area contributed by atoms with Gasteiger partial charge in [-0.25, -0.2) is 9.97 Å². The fourth-order valence-corrected chi connectivity index (χ4v) is 3.39. The molecule has 0 aliphatic rings. The van der Waals surface area contributed by atoms with Crippen LogP contribution in [0.15, 0.2) is 47.2 Å². The first kappa shape index (κ1) is 28.2. The van der Waals surface area contributed by atoms with E-state index < -0.39 is 0 Å². The van der Waals surface area contributed by atoms with E-state index in [9.17, 15) is 4.79 Å². The third kappa shape index (κ3) is 7.46. The summed E-state index contributed by atoms with van der Waals surface area (Å²) >= 11 is 0. The average molecular weight is 488 g/mol. The van der Waals surface area contributed by atoms with E-state index in [-0.39, 0.29) is 5.91 Å². The standard InChI is InChI=1S/C26H31N7O.C2H6/c1-7-23(27-8-2)24-9-10-28-26(32-24)31-22-12-16(3)18(5)20(13-22)11-17(4)25(34)29-14-21-15-30-33-19(21)6;1-2/h7-13,15H,14H2,1-6H3,(H,29,34)(H,30,33)(H,28,31,32);1-2H3/b17-11+,23-7-,27-8?;. The first-order valence-corrected chi connectivity index (χ1v) is 12.1. The monoisotopic (exact) mass is 487 g/mol. The van der Waals surface area contributed by atoms with Crippen LogP contribution in [0.25, 0.3) is 11.8 Å². The number of aryl methyl sites for hydroxylation is 2. The van der Waals surface area contributed by atoms with Crippen molar-refractivity contribution in [3.63, 3.8) is 0 Å². The minimum Gasteiger partial charge on any atom is -0.348 e. The Labute approximate surface area is 214 Å². The van der Waals surface area contributed by atoms with Crippen molar-refractivity contribution >= 4 is 35.5 Å². The molecule has 36 heavy (non-hydrogen) atoms. The molecule has 2 aromatic heterocycles. The highest BCUT2D eigenvalue weighted by Gasteiger charge is 2.10. The van der Waals surface area contributed by atoms with E-state index in [0.717, 1.165) is 45.0 Å². The van der Waals surface area contributed by atoms with Gasteiger partial charge in [0.05, 0.1) is 17.6 Å². The van der Waals surface area contributed by atoms with Gasteiger partial charge in [-0.15, -0.1) is 0 Å². The van der Waals surface area contributed by atoms with Gasteiger partial charge in [0, 0.05) is 41.5 Å². The van der Waals surface area contributed by atoms with Crippen molar-refractivity contribution in [1.29, 1.82) is 0 Å². The highest BCUT2D eigenvalue weighted by atomic mass is 16.1. The molecule has 0 aliphatic heterocycles. The Morgan fingerprint density at radius 2 is 1.92 bits per heavy atom. The summed E-state index contributed by atoms with van der Waals surface area (Å²) < 4.78 is 0. The van der Waals surface area contributed by atoms with E-state index in [1.165, 1.54) is 0 Å². The Morgan fingerprint density at radius 3 is 2.56 bits per heavy atom. The van der Waals surface area contributed by atoms with Crippen LogP contribution >= 0.6 is 0 Å². The number of allylic oxidation sites excluding steroid dienone is 1. The number of nitrogens with zero attached hydrogens (tertiary/aromatic N) is 4. The van der Waals surface area contributed by atoms with Gasteiger partial charge in [0.25, 0.3) is 0 Å². The van der Waals surface area contributed by atoms with Crippen LogP contribution < -0.4 is 10.6 Å². The largest absolute Gasteiger partial charge is 0.348 e. The second kappa shape index (κ2) is 13.7. The topological polar surface area (TPSA) is 108 Å². The SMILES string of the molecule is CC.CC=N/C(=C\C)c1ccnc(Nc2cc(C)c(C)c(/C=C(\C)C(=O)NCc3cn[nH]c3C)c2)n1. The zero-order valence-electron chi connectivity index (χ0n) is 22.5. The van der Waals surface area contributed by atoms with Crippen molar-refractivity contribution in [2.24, 2.45) is 4.99 Å². The second-order valence-electron chi connectivity index (χ2n) is 7.99. The highest BCUT2D eigenvalue weighted by Crippen LogP contribution is 2.25. The van der Waals surface area contributed by atoms with Gasteiger partial charge in [-0.3, -0.25) is 14.9 Å². The summed E-state index contributed by atoms with van der Waals surface area (Å²) in [4.78, 5) is 25.9. The van der Waals surface area contributed by atoms with Crippen molar-refractivity contribution in [2.45, 2.75) is 61.9 Å². The second-order valence-corrected chi connectivity index (χ2v) is 7.99. The maximum Gasteiger partial charge on any atom is 0.247 e. The molecule has 0 aliphatic carbocycles. The normalized spacial score (nSPS) is 11.8. The quantitative estimate of drug-likeness (QED) is 0.264. The molecule has 1 aromatic carbocycles. The lowest BCUT2D eigenvalue weighted by Gasteiger charge is -2.12. The molecule has 3 N–H and O–H groups in total. The summed E-state index contributed by atoms with van der Waals surface area (Å²) in [6.07, 6.45) is 8.98. The molecule has 1 amide bonds. The lowest BCUT2D eigenvalue weighted by atomic mass is 10.00. The van der Waals surface area contributed by atoms with E-state index in [4.69, 9.17) is 0 Å². The molecule has 3 aromatic rings. The number of carbonyl (C=O) groups excluding carboxylic acids is 1. The summed E-state index contributed by atoms with van der Waals surface area (Å²) in [6, 6.07) is 5.87. The molecule has 190 valence electrons. The van der Waals surface area contributed by atoms with Crippen LogP contribution in [-0.4, -0.2) is 32.3 Å². The first-order valence-electron chi connectivity index (χ1n) is 12.1. The van der Waals surface area contributed by atoms with Crippen molar-refractivity contribution in [3.8, 4) is 0 Å². The Kier molecular flexibility index (Phi) is 10.7. The minimum absolute atomic E-state index is 0.123. The van der Waals surface area contributed by atoms with Gasteiger partial charge >= 0.3 is 0 Å². The van der Waals surface area contributed by atoms with E-state index in [1.54, 1.807) is 18.6 Å². The third-order valence-corrected chi connectivity index (χ3v) is 5.53. The van der Waals surface area contributed by atoms with E-state index in [2.05, 4.69) is 35.8 Å². The number of amides is 1. The summed E-state index contributed by atoms with van der Waals surface area (Å²) in [5.41, 5.74) is 8.05. The van der Waals surface area contributed by atoms with E-state index in [1.807, 2.05) is 85.7 Å². The molecular weight excluding hydrogens is 450 g/mol. The number of hydrogen-bond acceptors (Lipinski definition) is 6. The molecule has 0 bridgehead atoms. The summed E-state index contributed by atoms with van der Waals surface area (Å²) in [5, 5.41) is 13.1. The van der Waals surface area contributed by atoms with Gasteiger partial charge in [-0.2, -0.15) is 5.10 Å². The van der Waals surface area contributed by atoms with Crippen molar-refractivity contribution in [2.75, 3.05) is 5.32 Å². The van der Waals surface area contributed by atoms with Gasteiger partial charge in [-0.1, -0.05) is 19.9 Å². The van der Waals surface area contributed by atoms with Gasteiger partial charge < -0.3 is 10.6 Å². The smallest absolute Gasteiger partial charge is 0.247 e. The van der Waals surface area contributed by atoms with Gasteiger partial charge in [0.1, 0.15) is 0 Å². The number of carbonyl (C=O) groups is 1. The zero-order chi connectivity index (χ0) is 26.7. The molecular formula is C28H37N7O. The maximum absolute atomic E-state index is 12.6. The predicted octanol–water partition coefficient (Wildman–Crippen LogP) is 6.07. The Morgan fingerprint density at radius 1 is 1.17 bits per heavy atom. The van der Waals surface area contributed by atoms with Crippen LogP contribution in [-0.2, 0) is 11.3 Å². The highest BCUT2D eigenvalue weighted by molar-refractivity contribution is 5.97. The molecule has 0 saturated heterocycles. The molecule has 0 atom stereocenters. The van der Waals surface area contributed by atoms with Crippen molar-refractivity contribution in [3.05, 3.63) is 75.9 Å². The molecule has 8 nitrogen and oxygen atoms in total. The number of aromatic amines is 1. The number of anilines is 2. The van der Waals surface area contributed by atoms with Crippen molar-refractivity contribution in [1.82, 2.24) is 25.5 Å². The Balaban J connectivity index is 0.00000222. The first-order chi connectivity index (χ1) is 17.3. The maximum atomic E-state index is 12.6. The number of H-pyrrole nitrogens is 1. The molecule has 3 rings (SSSR count). The molecule has 0 spiro atoms. The number of rotatable bonds is 8. The van der Waals surface area contributed by atoms with Crippen LogP contribution in [0.4, 0.5) is 11.6 Å². The Bertz CT molecular complexity index is 1270. The van der Waals surface area contributed by atoms with Crippen LogP contribution in [0.1, 0.15) is 68.3 Å². The van der Waals surface area contributed by atoms with Gasteiger partial charge in [-0.05, 0) is 82.5 Å². The molecule has 0 saturated carbocycles. The third-order valence-electron chi connectivity index (χ3n) is 5.53. The molecule has 0 unspecified atom stereocenters. The zero-order valence-corrected chi connectivity index (χ0v) is 22.5. The van der Waals surface area contributed by atoms with E-state index >= 15 is 0 Å². The number of hydrogen-bond donors (Lipinski definition) is 3. The lowest BCUT2D eigenvalue weighted by Crippen LogP contribution is -2.23. The predicted molar refractivity (Wildman–Crippen MR) is 149 cm³/mol. The van der Waals surface area contributed by atoms with Crippen LogP contribution in [0.2, 0.25) is 0 Å². The summed E-state index contributed by atoms with van der Waals surface area (Å²) in [6.45, 7) is 16.0. The summed E-state index contributed by atoms with van der Waals surface area (Å²) in [7, 11) is 0. The van der Waals surface area contributed by atoms with Crippen LogP contribution in [0.3, 0.4) is 0 Å². The van der Waals surface area contributed by atoms with Gasteiger partial charge in [0.15, 0.2) is 0 Å². The fourth-order valence-electron chi connectivity index (χ4n) is 3.39. The van der Waals surface area contributed by atoms with Crippen LogP contribution in [0, 0.1) is 20.8 Å². The van der Waals surface area contributed by atoms with E-state index in [0.29, 0.717) is 18.1 Å². The molecule has 0 radical (unpaired) electrons. The fraction of sp³-hybridized carbons (Fsp3) is 0.321. The van der Waals surface area contributed by atoms with Crippen molar-refractivity contribution < 1.29 is 4.79 Å². The number of benzene rings is 1. The summed E-state index contributed by atoms with van der Waals surface area (Å²) in [5.74, 6) is 0.355. The minimum atomic E-state index is -0.123. The lowest BCUT2D eigenvalue weighted by molar-refractivity contribution is -0.117. The van der Waals surface area contributed by atoms with Gasteiger partial charge in [0.2, 0.25) is 11.9 Å². The number of aromatic nitrogens is 4. The number of nitrogens with one attached hydrogen (secondary N) is 3. The number of aliphatic imine (C=N–C) groups is 1. The molecule has 8 heteroatoms. The average Bonchev–Trinajstić information content (AvgIpc) is 3.29. The molecule has 2 heterocycles. The van der Waals surface area contributed by atoms with Crippen LogP contribution in [0.5, 0.6) is 0 Å².